The summed E-state index contributed by atoms with van der Waals surface area (Å²) in [5, 5.41) is 3.86. The van der Waals surface area contributed by atoms with E-state index in [-0.39, 0.29) is 17.4 Å². The lowest BCUT2D eigenvalue weighted by Crippen LogP contribution is -2.68. The van der Waals surface area contributed by atoms with Crippen molar-refractivity contribution in [2.75, 3.05) is 39.3 Å². The van der Waals surface area contributed by atoms with Crippen molar-refractivity contribution in [1.29, 1.82) is 0 Å². The van der Waals surface area contributed by atoms with Crippen molar-refractivity contribution in [2.45, 2.75) is 44.6 Å². The second-order valence-electron chi connectivity index (χ2n) is 7.64. The molecule has 2 amide bonds. The molecule has 25 heavy (non-hydrogen) atoms. The number of piperidine rings is 1. The van der Waals surface area contributed by atoms with Gasteiger partial charge in [-0.3, -0.25) is 14.5 Å². The maximum atomic E-state index is 12.7. The quantitative estimate of drug-likeness (QED) is 0.825. The Bertz CT molecular complexity index is 667. The summed E-state index contributed by atoms with van der Waals surface area (Å²) >= 11 is 0. The molecule has 0 bridgehead atoms. The van der Waals surface area contributed by atoms with Crippen LogP contribution in [0.4, 0.5) is 0 Å². The van der Waals surface area contributed by atoms with Gasteiger partial charge in [-0.1, -0.05) is 5.16 Å². The van der Waals surface area contributed by atoms with Crippen molar-refractivity contribution in [3.8, 4) is 0 Å². The predicted octanol–water partition coefficient (Wildman–Crippen LogP) is 1.29. The Morgan fingerprint density at radius 3 is 2.52 bits per heavy atom. The molecule has 3 aliphatic rings. The first-order valence-electron chi connectivity index (χ1n) is 9.33. The minimum absolute atomic E-state index is 0.0257. The average Bonchev–Trinajstić information content (AvgIpc) is 3.29. The molecule has 136 valence electrons. The molecule has 3 aliphatic heterocycles. The van der Waals surface area contributed by atoms with E-state index >= 15 is 0 Å². The molecule has 0 N–H and O–H groups in total. The molecule has 3 saturated heterocycles. The first-order valence-corrected chi connectivity index (χ1v) is 9.33. The van der Waals surface area contributed by atoms with Crippen molar-refractivity contribution >= 4 is 11.8 Å². The summed E-state index contributed by atoms with van der Waals surface area (Å²) in [4.78, 5) is 31.3. The van der Waals surface area contributed by atoms with Crippen LogP contribution in [0.25, 0.3) is 0 Å². The molecule has 1 spiro atoms. The van der Waals surface area contributed by atoms with E-state index in [9.17, 15) is 9.59 Å². The summed E-state index contributed by atoms with van der Waals surface area (Å²) in [5.74, 6) is 0.831. The van der Waals surface area contributed by atoms with Gasteiger partial charge in [0.1, 0.15) is 5.76 Å². The molecule has 0 aliphatic carbocycles. The largest absolute Gasteiger partial charge is 0.361 e. The predicted molar refractivity (Wildman–Crippen MR) is 91.1 cm³/mol. The van der Waals surface area contributed by atoms with E-state index in [1.807, 2.05) is 9.80 Å². The summed E-state index contributed by atoms with van der Waals surface area (Å²) in [6, 6.07) is 1.69. The smallest absolute Gasteiger partial charge is 0.276 e. The van der Waals surface area contributed by atoms with Crippen LogP contribution in [-0.4, -0.2) is 76.5 Å². The molecule has 0 unspecified atom stereocenters. The number of carbonyl (C=O) groups excluding carboxylic acids is 2. The molecule has 0 saturated carbocycles. The maximum Gasteiger partial charge on any atom is 0.276 e. The highest BCUT2D eigenvalue weighted by Gasteiger charge is 2.49. The number of rotatable bonds is 3. The highest BCUT2D eigenvalue weighted by molar-refractivity contribution is 5.92. The minimum atomic E-state index is -0.0614. The van der Waals surface area contributed by atoms with Crippen LogP contribution < -0.4 is 0 Å². The molecular formula is C18H26N4O3. The first-order chi connectivity index (χ1) is 12.1. The second-order valence-corrected chi connectivity index (χ2v) is 7.64. The lowest BCUT2D eigenvalue weighted by molar-refractivity contribution is -0.138. The average molecular weight is 346 g/mol. The van der Waals surface area contributed by atoms with Crippen molar-refractivity contribution in [1.82, 2.24) is 19.9 Å². The third-order valence-electron chi connectivity index (χ3n) is 5.99. The van der Waals surface area contributed by atoms with Crippen LogP contribution in [-0.2, 0) is 4.79 Å². The lowest BCUT2D eigenvalue weighted by Gasteiger charge is -2.57. The van der Waals surface area contributed by atoms with Gasteiger partial charge in [0.2, 0.25) is 5.91 Å². The molecule has 1 aromatic rings. The van der Waals surface area contributed by atoms with Crippen LogP contribution in [0.5, 0.6) is 0 Å². The van der Waals surface area contributed by atoms with Crippen molar-refractivity contribution in [2.24, 2.45) is 0 Å². The number of nitrogens with zero attached hydrogens (tertiary/aromatic N) is 4. The molecule has 0 aromatic carbocycles. The number of amides is 2. The summed E-state index contributed by atoms with van der Waals surface area (Å²) in [7, 11) is 0. The van der Waals surface area contributed by atoms with Gasteiger partial charge < -0.3 is 14.3 Å². The van der Waals surface area contributed by atoms with Crippen LogP contribution in [0.15, 0.2) is 10.6 Å². The molecular weight excluding hydrogens is 320 g/mol. The Morgan fingerprint density at radius 1 is 1.12 bits per heavy atom. The third kappa shape index (κ3) is 3.05. The minimum Gasteiger partial charge on any atom is -0.361 e. The van der Waals surface area contributed by atoms with Gasteiger partial charge in [0.15, 0.2) is 5.69 Å². The van der Waals surface area contributed by atoms with E-state index in [2.05, 4.69) is 10.1 Å². The van der Waals surface area contributed by atoms with Gasteiger partial charge >= 0.3 is 0 Å². The normalized spacial score (nSPS) is 26.9. The van der Waals surface area contributed by atoms with E-state index in [4.69, 9.17) is 4.52 Å². The highest BCUT2D eigenvalue weighted by Crippen LogP contribution is 2.38. The van der Waals surface area contributed by atoms with Gasteiger partial charge in [-0.2, -0.15) is 0 Å². The Labute approximate surface area is 147 Å². The Kier molecular flexibility index (Phi) is 4.27. The van der Waals surface area contributed by atoms with Crippen LogP contribution in [0.1, 0.15) is 48.4 Å². The number of hydrogen-bond donors (Lipinski definition) is 0. The van der Waals surface area contributed by atoms with Gasteiger partial charge in [0.05, 0.1) is 6.54 Å². The molecule has 1 atom stereocenters. The Hall–Kier alpha value is -1.89. The summed E-state index contributed by atoms with van der Waals surface area (Å²) in [5.41, 5.74) is 0.357. The first kappa shape index (κ1) is 16.6. The van der Waals surface area contributed by atoms with Gasteiger partial charge in [-0.15, -0.1) is 0 Å². The summed E-state index contributed by atoms with van der Waals surface area (Å²) in [6.45, 7) is 6.46. The number of aryl methyl sites for hydroxylation is 1. The van der Waals surface area contributed by atoms with E-state index in [1.165, 1.54) is 0 Å². The molecule has 4 heterocycles. The second kappa shape index (κ2) is 6.44. The van der Waals surface area contributed by atoms with E-state index < -0.39 is 0 Å². The molecule has 4 rings (SSSR count). The molecule has 0 radical (unpaired) electrons. The number of carbonyl (C=O) groups is 2. The zero-order valence-electron chi connectivity index (χ0n) is 14.9. The fourth-order valence-corrected chi connectivity index (χ4v) is 4.44. The van der Waals surface area contributed by atoms with Gasteiger partial charge in [-0.05, 0) is 39.0 Å². The van der Waals surface area contributed by atoms with Crippen molar-refractivity contribution < 1.29 is 14.1 Å². The highest BCUT2D eigenvalue weighted by atomic mass is 16.5. The molecule has 1 aromatic heterocycles. The van der Waals surface area contributed by atoms with E-state index in [1.54, 1.807) is 13.0 Å². The lowest BCUT2D eigenvalue weighted by atomic mass is 9.77. The SMILES string of the molecule is Cc1cc(C(=O)N2CCC[C@]3(CCN3CC(=O)N3CCCC3)C2)no1. The number of hydrogen-bond acceptors (Lipinski definition) is 5. The van der Waals surface area contributed by atoms with E-state index in [0.717, 1.165) is 58.3 Å². The fourth-order valence-electron chi connectivity index (χ4n) is 4.44. The van der Waals surface area contributed by atoms with Crippen LogP contribution in [0, 0.1) is 6.92 Å². The number of aromatic nitrogens is 1. The van der Waals surface area contributed by atoms with Crippen LogP contribution >= 0.6 is 0 Å². The monoisotopic (exact) mass is 346 g/mol. The van der Waals surface area contributed by atoms with Gasteiger partial charge in [0, 0.05) is 44.3 Å². The zero-order chi connectivity index (χ0) is 17.4. The standard InChI is InChI=1S/C18H26N4O3/c1-14-11-15(19-25-14)17(24)21-9-4-5-18(13-21)6-10-22(18)12-16(23)20-7-2-3-8-20/h11H,2-10,12-13H2,1H3/t18-/m0/s1. The summed E-state index contributed by atoms with van der Waals surface area (Å²) in [6.07, 6.45) is 5.33. The van der Waals surface area contributed by atoms with Crippen LogP contribution in [0.2, 0.25) is 0 Å². The fraction of sp³-hybridized carbons (Fsp3) is 0.722. The molecule has 7 heteroatoms. The Morgan fingerprint density at radius 2 is 1.88 bits per heavy atom. The van der Waals surface area contributed by atoms with Gasteiger partial charge in [0.25, 0.3) is 5.91 Å². The zero-order valence-corrected chi connectivity index (χ0v) is 14.9. The molecule has 7 nitrogen and oxygen atoms in total. The maximum absolute atomic E-state index is 12.7. The van der Waals surface area contributed by atoms with E-state index in [0.29, 0.717) is 24.5 Å². The van der Waals surface area contributed by atoms with Crippen molar-refractivity contribution in [3.05, 3.63) is 17.5 Å². The third-order valence-corrected chi connectivity index (χ3v) is 5.99. The topological polar surface area (TPSA) is 69.9 Å². The summed E-state index contributed by atoms with van der Waals surface area (Å²) < 4.78 is 5.04. The number of likely N-dealkylation sites (tertiary alicyclic amines) is 3. The van der Waals surface area contributed by atoms with Crippen molar-refractivity contribution in [3.63, 3.8) is 0 Å². The molecule has 3 fully saturated rings. The Balaban J connectivity index is 1.41. The van der Waals surface area contributed by atoms with Crippen LogP contribution in [0.3, 0.4) is 0 Å². The van der Waals surface area contributed by atoms with Gasteiger partial charge in [-0.25, -0.2) is 0 Å².